The predicted molar refractivity (Wildman–Crippen MR) is 78.6 cm³/mol. The van der Waals surface area contributed by atoms with Gasteiger partial charge in [-0.15, -0.1) is 0 Å². The Balaban J connectivity index is 1.93. The van der Waals surface area contributed by atoms with Gasteiger partial charge >= 0.3 is 0 Å². The molecule has 1 aromatic carbocycles. The summed E-state index contributed by atoms with van der Waals surface area (Å²) in [6.45, 7) is 0.537. The lowest BCUT2D eigenvalue weighted by Gasteiger charge is -2.24. The molecule has 1 aromatic heterocycles. The highest BCUT2D eigenvalue weighted by atomic mass is 35.5. The van der Waals surface area contributed by atoms with E-state index in [2.05, 4.69) is 4.98 Å². The van der Waals surface area contributed by atoms with Gasteiger partial charge in [-0.25, -0.2) is 8.78 Å². The average Bonchev–Trinajstić information content (AvgIpc) is 3.00. The molecule has 2 heterocycles. The van der Waals surface area contributed by atoms with E-state index >= 15 is 0 Å². The van der Waals surface area contributed by atoms with E-state index in [1.807, 2.05) is 12.1 Å². The highest BCUT2D eigenvalue weighted by Gasteiger charge is 2.32. The number of rotatable bonds is 2. The predicted octanol–water partition coefficient (Wildman–Crippen LogP) is 3.99. The Morgan fingerprint density at radius 1 is 1.27 bits per heavy atom. The van der Waals surface area contributed by atoms with E-state index in [9.17, 15) is 13.6 Å². The van der Waals surface area contributed by atoms with Crippen LogP contribution in [0.4, 0.5) is 8.78 Å². The van der Waals surface area contributed by atoms with Crippen molar-refractivity contribution < 1.29 is 13.6 Å². The van der Waals surface area contributed by atoms with Gasteiger partial charge in [-0.05, 0) is 37.1 Å². The van der Waals surface area contributed by atoms with Crippen molar-refractivity contribution >= 4 is 17.5 Å². The summed E-state index contributed by atoms with van der Waals surface area (Å²) in [5.41, 5.74) is 0.760. The molecule has 6 heteroatoms. The molecular weight excluding hydrogens is 310 g/mol. The minimum atomic E-state index is -1.08. The molecule has 1 saturated heterocycles. The second-order valence-electron chi connectivity index (χ2n) is 5.16. The number of pyridine rings is 1. The van der Waals surface area contributed by atoms with Gasteiger partial charge in [0.15, 0.2) is 11.6 Å². The van der Waals surface area contributed by atoms with Gasteiger partial charge in [0.1, 0.15) is 0 Å². The molecule has 1 aliphatic rings. The highest BCUT2D eigenvalue weighted by molar-refractivity contribution is 6.33. The molecule has 22 heavy (non-hydrogen) atoms. The zero-order valence-corrected chi connectivity index (χ0v) is 12.4. The Labute approximate surface area is 131 Å². The van der Waals surface area contributed by atoms with Crippen LogP contribution in [-0.4, -0.2) is 22.3 Å². The lowest BCUT2D eigenvalue weighted by atomic mass is 10.1. The summed E-state index contributed by atoms with van der Waals surface area (Å²) < 4.78 is 26.6. The fourth-order valence-electron chi connectivity index (χ4n) is 2.73. The van der Waals surface area contributed by atoms with Crippen LogP contribution in [0, 0.1) is 11.6 Å². The zero-order chi connectivity index (χ0) is 15.7. The van der Waals surface area contributed by atoms with E-state index in [4.69, 9.17) is 11.6 Å². The van der Waals surface area contributed by atoms with Crippen molar-refractivity contribution in [3.63, 3.8) is 0 Å². The summed E-state index contributed by atoms with van der Waals surface area (Å²) in [5.74, 6) is -2.55. The Morgan fingerprint density at radius 3 is 2.77 bits per heavy atom. The molecule has 0 radical (unpaired) electrons. The van der Waals surface area contributed by atoms with Crippen molar-refractivity contribution in [3.8, 4) is 0 Å². The van der Waals surface area contributed by atoms with Gasteiger partial charge in [-0.3, -0.25) is 9.78 Å². The monoisotopic (exact) mass is 322 g/mol. The zero-order valence-electron chi connectivity index (χ0n) is 11.6. The number of nitrogens with zero attached hydrogens (tertiary/aromatic N) is 2. The Bertz CT molecular complexity index is 709. The van der Waals surface area contributed by atoms with Gasteiger partial charge < -0.3 is 4.90 Å². The molecule has 1 fully saturated rings. The van der Waals surface area contributed by atoms with E-state index in [0.717, 1.165) is 30.7 Å². The van der Waals surface area contributed by atoms with E-state index < -0.39 is 17.5 Å². The summed E-state index contributed by atoms with van der Waals surface area (Å²) in [7, 11) is 0. The number of aromatic nitrogens is 1. The number of hydrogen-bond acceptors (Lipinski definition) is 2. The average molecular weight is 323 g/mol. The number of benzene rings is 1. The SMILES string of the molecule is O=C(c1cc(F)c(F)cc1Cl)N1CCC[C@H]1c1ccccn1. The second-order valence-corrected chi connectivity index (χ2v) is 5.56. The van der Waals surface area contributed by atoms with Crippen molar-refractivity contribution in [2.24, 2.45) is 0 Å². The Kier molecular flexibility index (Phi) is 4.07. The number of carbonyl (C=O) groups is 1. The number of carbonyl (C=O) groups excluding carboxylic acids is 1. The lowest BCUT2D eigenvalue weighted by Crippen LogP contribution is -2.31. The molecular formula is C16H13ClF2N2O. The molecule has 2 aromatic rings. The molecule has 1 amide bonds. The molecule has 0 aliphatic carbocycles. The van der Waals surface area contributed by atoms with Crippen LogP contribution in [0.1, 0.15) is 34.9 Å². The van der Waals surface area contributed by atoms with Crippen LogP contribution in [0.3, 0.4) is 0 Å². The van der Waals surface area contributed by atoms with Gasteiger partial charge in [0, 0.05) is 12.7 Å². The third kappa shape index (κ3) is 2.68. The topological polar surface area (TPSA) is 33.2 Å². The largest absolute Gasteiger partial charge is 0.330 e. The van der Waals surface area contributed by atoms with Crippen molar-refractivity contribution in [2.75, 3.05) is 6.54 Å². The Morgan fingerprint density at radius 2 is 2.05 bits per heavy atom. The third-order valence-corrected chi connectivity index (χ3v) is 4.10. The molecule has 0 bridgehead atoms. The van der Waals surface area contributed by atoms with Crippen molar-refractivity contribution in [1.82, 2.24) is 9.88 Å². The van der Waals surface area contributed by atoms with Crippen LogP contribution < -0.4 is 0 Å². The molecule has 3 nitrogen and oxygen atoms in total. The number of hydrogen-bond donors (Lipinski definition) is 0. The van der Waals surface area contributed by atoms with E-state index in [-0.39, 0.29) is 16.6 Å². The van der Waals surface area contributed by atoms with Crippen LogP contribution in [-0.2, 0) is 0 Å². The van der Waals surface area contributed by atoms with Crippen LogP contribution in [0.5, 0.6) is 0 Å². The molecule has 0 spiro atoms. The normalized spacial score (nSPS) is 17.8. The van der Waals surface area contributed by atoms with Crippen LogP contribution in [0.25, 0.3) is 0 Å². The lowest BCUT2D eigenvalue weighted by molar-refractivity contribution is 0.0732. The van der Waals surface area contributed by atoms with Gasteiger partial charge in [0.25, 0.3) is 5.91 Å². The fourth-order valence-corrected chi connectivity index (χ4v) is 2.96. The minimum absolute atomic E-state index is 0.0246. The van der Waals surface area contributed by atoms with Gasteiger partial charge in [-0.2, -0.15) is 0 Å². The maximum atomic E-state index is 13.4. The number of amides is 1. The first-order valence-corrected chi connectivity index (χ1v) is 7.32. The second kappa shape index (κ2) is 6.01. The number of halogens is 3. The van der Waals surface area contributed by atoms with Crippen LogP contribution in [0.15, 0.2) is 36.5 Å². The molecule has 1 aliphatic heterocycles. The van der Waals surface area contributed by atoms with Crippen LogP contribution in [0.2, 0.25) is 5.02 Å². The molecule has 0 N–H and O–H groups in total. The first-order chi connectivity index (χ1) is 10.6. The first kappa shape index (κ1) is 14.9. The summed E-state index contributed by atoms with van der Waals surface area (Å²) in [6, 6.07) is 7.02. The minimum Gasteiger partial charge on any atom is -0.330 e. The van der Waals surface area contributed by atoms with E-state index in [1.165, 1.54) is 0 Å². The fraction of sp³-hybridized carbons (Fsp3) is 0.250. The molecule has 0 saturated carbocycles. The maximum Gasteiger partial charge on any atom is 0.256 e. The van der Waals surface area contributed by atoms with Crippen molar-refractivity contribution in [2.45, 2.75) is 18.9 Å². The molecule has 114 valence electrons. The van der Waals surface area contributed by atoms with Crippen molar-refractivity contribution in [3.05, 3.63) is 64.4 Å². The van der Waals surface area contributed by atoms with Gasteiger partial charge in [-0.1, -0.05) is 17.7 Å². The maximum absolute atomic E-state index is 13.4. The standard InChI is InChI=1S/C16H13ClF2N2O/c17-11-9-13(19)12(18)8-10(11)16(22)21-7-3-5-15(21)14-4-1-2-6-20-14/h1-2,4,6,8-9,15H,3,5,7H2/t15-/m0/s1. The first-order valence-electron chi connectivity index (χ1n) is 6.94. The molecule has 1 atom stereocenters. The third-order valence-electron chi connectivity index (χ3n) is 3.78. The quantitative estimate of drug-likeness (QED) is 0.783. The van der Waals surface area contributed by atoms with E-state index in [1.54, 1.807) is 17.2 Å². The van der Waals surface area contributed by atoms with Crippen molar-refractivity contribution in [1.29, 1.82) is 0 Å². The number of likely N-dealkylation sites (tertiary alicyclic amines) is 1. The molecule has 0 unspecified atom stereocenters. The Hall–Kier alpha value is -2.01. The van der Waals surface area contributed by atoms with Crippen LogP contribution >= 0.6 is 11.6 Å². The summed E-state index contributed by atoms with van der Waals surface area (Å²) >= 11 is 5.90. The van der Waals surface area contributed by atoms with E-state index in [0.29, 0.717) is 6.54 Å². The van der Waals surface area contributed by atoms with Gasteiger partial charge in [0.2, 0.25) is 0 Å². The summed E-state index contributed by atoms with van der Waals surface area (Å²) in [4.78, 5) is 18.5. The smallest absolute Gasteiger partial charge is 0.256 e. The highest BCUT2D eigenvalue weighted by Crippen LogP contribution is 2.33. The summed E-state index contributed by atoms with van der Waals surface area (Å²) in [5, 5.41) is -0.0874. The molecule has 3 rings (SSSR count). The van der Waals surface area contributed by atoms with Gasteiger partial charge in [0.05, 0.1) is 22.3 Å². The summed E-state index contributed by atoms with van der Waals surface area (Å²) in [6.07, 6.45) is 3.28.